The number of nitrogen functional groups attached to an aromatic ring is 1. The van der Waals surface area contributed by atoms with Crippen LogP contribution in [0, 0.1) is 0 Å². The first-order valence-corrected chi connectivity index (χ1v) is 3.32. The van der Waals surface area contributed by atoms with Crippen molar-refractivity contribution in [2.75, 3.05) is 5.73 Å². The molecule has 0 aromatic carbocycles. The zero-order valence-electron chi connectivity index (χ0n) is 5.63. The monoisotopic (exact) mass is 153 g/mol. The molecule has 0 bridgehead atoms. The molecule has 0 aliphatic carbocycles. The zero-order valence-corrected chi connectivity index (χ0v) is 6.39. The van der Waals surface area contributed by atoms with Gasteiger partial charge in [0.15, 0.2) is 7.28 Å². The van der Waals surface area contributed by atoms with Crippen LogP contribution in [0.1, 0.15) is 0 Å². The van der Waals surface area contributed by atoms with E-state index in [1.54, 1.807) is 6.07 Å². The molecule has 0 fully saturated rings. The molecule has 0 saturated heterocycles. The number of halogens is 1. The standard InChI is InChI=1S/C6H7BClN2/c1-7-5-2-4(8)3-10-6(5)9/h2-3H,1H3,(H2,9,10). The van der Waals surface area contributed by atoms with Gasteiger partial charge in [0.25, 0.3) is 0 Å². The highest BCUT2D eigenvalue weighted by Gasteiger charge is 1.97. The van der Waals surface area contributed by atoms with Crippen LogP contribution in [0.3, 0.4) is 0 Å². The molecule has 1 radical (unpaired) electrons. The summed E-state index contributed by atoms with van der Waals surface area (Å²) in [5.41, 5.74) is 6.38. The van der Waals surface area contributed by atoms with Crippen molar-refractivity contribution in [3.8, 4) is 0 Å². The number of nitrogens with two attached hydrogens (primary N) is 1. The van der Waals surface area contributed by atoms with Crippen molar-refractivity contribution in [1.82, 2.24) is 4.98 Å². The number of pyridine rings is 1. The maximum Gasteiger partial charge on any atom is 0.153 e. The van der Waals surface area contributed by atoms with Gasteiger partial charge in [-0.3, -0.25) is 0 Å². The quantitative estimate of drug-likeness (QED) is 0.603. The molecule has 0 unspecified atom stereocenters. The fraction of sp³-hybridized carbons (Fsp3) is 0.167. The average molecular weight is 153 g/mol. The molecule has 0 spiro atoms. The number of anilines is 1. The molecule has 1 aromatic rings. The molecule has 2 N–H and O–H groups in total. The Morgan fingerprint density at radius 1 is 1.70 bits per heavy atom. The maximum absolute atomic E-state index is 5.66. The topological polar surface area (TPSA) is 38.9 Å². The van der Waals surface area contributed by atoms with Crippen LogP contribution in [0.4, 0.5) is 5.82 Å². The van der Waals surface area contributed by atoms with Crippen LogP contribution >= 0.6 is 11.6 Å². The van der Waals surface area contributed by atoms with Crippen molar-refractivity contribution in [3.63, 3.8) is 0 Å². The van der Waals surface area contributed by atoms with Gasteiger partial charge in [0.05, 0.1) is 5.02 Å². The van der Waals surface area contributed by atoms with Crippen LogP contribution in [0.2, 0.25) is 11.8 Å². The number of hydrogen-bond donors (Lipinski definition) is 1. The van der Waals surface area contributed by atoms with Gasteiger partial charge in [0, 0.05) is 6.20 Å². The summed E-state index contributed by atoms with van der Waals surface area (Å²) in [6, 6.07) is 1.78. The molecule has 1 rings (SSSR count). The lowest BCUT2D eigenvalue weighted by atomic mass is 9.73. The summed E-state index contributed by atoms with van der Waals surface area (Å²) < 4.78 is 0. The van der Waals surface area contributed by atoms with Gasteiger partial charge >= 0.3 is 0 Å². The van der Waals surface area contributed by atoms with E-state index in [1.807, 2.05) is 14.1 Å². The van der Waals surface area contributed by atoms with E-state index in [0.717, 1.165) is 5.46 Å². The Bertz CT molecular complexity index is 239. The van der Waals surface area contributed by atoms with Crippen molar-refractivity contribution >= 4 is 30.2 Å². The molecule has 10 heavy (non-hydrogen) atoms. The summed E-state index contributed by atoms with van der Waals surface area (Å²) in [5, 5.41) is 0.613. The lowest BCUT2D eigenvalue weighted by Gasteiger charge is -1.99. The predicted molar refractivity (Wildman–Crippen MR) is 44.9 cm³/mol. The molecule has 0 atom stereocenters. The van der Waals surface area contributed by atoms with Crippen LogP contribution in [0.15, 0.2) is 12.3 Å². The maximum atomic E-state index is 5.66. The van der Waals surface area contributed by atoms with Gasteiger partial charge < -0.3 is 5.73 Å². The van der Waals surface area contributed by atoms with Gasteiger partial charge in [-0.2, -0.15) is 0 Å². The first-order valence-electron chi connectivity index (χ1n) is 2.94. The lowest BCUT2D eigenvalue weighted by molar-refractivity contribution is 1.35. The minimum Gasteiger partial charge on any atom is -0.384 e. The van der Waals surface area contributed by atoms with Gasteiger partial charge in [0.1, 0.15) is 5.82 Å². The van der Waals surface area contributed by atoms with Gasteiger partial charge in [-0.1, -0.05) is 18.4 Å². The van der Waals surface area contributed by atoms with E-state index in [4.69, 9.17) is 17.3 Å². The number of aromatic nitrogens is 1. The first kappa shape index (κ1) is 7.41. The Kier molecular flexibility index (Phi) is 2.17. The molecule has 0 aliphatic rings. The SMILES string of the molecule is C[B]c1cc(Cl)cnc1N. The first-order chi connectivity index (χ1) is 4.74. The molecule has 0 amide bonds. The number of hydrogen-bond acceptors (Lipinski definition) is 2. The van der Waals surface area contributed by atoms with E-state index in [0.29, 0.717) is 10.8 Å². The van der Waals surface area contributed by atoms with E-state index >= 15 is 0 Å². The highest BCUT2D eigenvalue weighted by molar-refractivity contribution is 6.54. The Morgan fingerprint density at radius 2 is 2.40 bits per heavy atom. The second-order valence-corrected chi connectivity index (χ2v) is 2.35. The highest BCUT2D eigenvalue weighted by Crippen LogP contribution is 2.04. The van der Waals surface area contributed by atoms with E-state index in [9.17, 15) is 0 Å². The minimum absolute atomic E-state index is 0.520. The van der Waals surface area contributed by atoms with Gasteiger partial charge in [0.2, 0.25) is 0 Å². The van der Waals surface area contributed by atoms with Crippen molar-refractivity contribution in [3.05, 3.63) is 17.3 Å². The summed E-state index contributed by atoms with van der Waals surface area (Å²) in [6.07, 6.45) is 1.53. The third kappa shape index (κ3) is 1.42. The smallest absolute Gasteiger partial charge is 0.153 e. The van der Waals surface area contributed by atoms with Gasteiger partial charge in [-0.15, -0.1) is 0 Å². The highest BCUT2D eigenvalue weighted by atomic mass is 35.5. The van der Waals surface area contributed by atoms with E-state index in [2.05, 4.69) is 4.98 Å². The van der Waals surface area contributed by atoms with Gasteiger partial charge in [-0.05, 0) is 11.5 Å². The molecule has 1 heterocycles. The summed E-state index contributed by atoms with van der Waals surface area (Å²) >= 11 is 5.66. The van der Waals surface area contributed by atoms with Crippen molar-refractivity contribution < 1.29 is 0 Å². The van der Waals surface area contributed by atoms with Crippen molar-refractivity contribution in [2.24, 2.45) is 0 Å². The zero-order chi connectivity index (χ0) is 7.56. The minimum atomic E-state index is 0.520. The van der Waals surface area contributed by atoms with E-state index in [1.165, 1.54) is 6.20 Å². The van der Waals surface area contributed by atoms with Crippen LogP contribution in [0.5, 0.6) is 0 Å². The Hall–Kier alpha value is -0.695. The second-order valence-electron chi connectivity index (χ2n) is 1.92. The van der Waals surface area contributed by atoms with Crippen molar-refractivity contribution in [1.29, 1.82) is 0 Å². The van der Waals surface area contributed by atoms with Crippen LogP contribution in [-0.4, -0.2) is 12.3 Å². The van der Waals surface area contributed by atoms with Crippen LogP contribution < -0.4 is 11.2 Å². The summed E-state index contributed by atoms with van der Waals surface area (Å²) in [4.78, 5) is 3.86. The molecular weight excluding hydrogens is 146 g/mol. The molecule has 2 nitrogen and oxygen atoms in total. The average Bonchev–Trinajstić information content (AvgIpc) is 1.94. The Labute approximate surface area is 65.6 Å². The second kappa shape index (κ2) is 2.93. The van der Waals surface area contributed by atoms with Crippen molar-refractivity contribution in [2.45, 2.75) is 6.82 Å². The summed E-state index contributed by atoms with van der Waals surface area (Å²) in [7, 11) is 1.87. The molecule has 1 aromatic heterocycles. The molecule has 51 valence electrons. The van der Waals surface area contributed by atoms with Gasteiger partial charge in [-0.25, -0.2) is 4.98 Å². The largest absolute Gasteiger partial charge is 0.384 e. The Balaban J connectivity index is 3.09. The summed E-state index contributed by atoms with van der Waals surface area (Å²) in [6.45, 7) is 1.89. The third-order valence-electron chi connectivity index (χ3n) is 1.23. The molecular formula is C6H7BClN2. The van der Waals surface area contributed by atoms with Crippen LogP contribution in [0.25, 0.3) is 0 Å². The number of nitrogens with zero attached hydrogens (tertiary/aromatic N) is 1. The number of rotatable bonds is 1. The van der Waals surface area contributed by atoms with E-state index < -0.39 is 0 Å². The Morgan fingerprint density at radius 3 is 2.90 bits per heavy atom. The third-order valence-corrected chi connectivity index (χ3v) is 1.43. The lowest BCUT2D eigenvalue weighted by Crippen LogP contribution is -2.17. The summed E-state index contributed by atoms with van der Waals surface area (Å²) in [5.74, 6) is 0.520. The fourth-order valence-electron chi connectivity index (χ4n) is 0.697. The van der Waals surface area contributed by atoms with E-state index in [-0.39, 0.29) is 0 Å². The molecule has 0 aliphatic heterocycles. The molecule has 0 saturated carbocycles. The normalized spacial score (nSPS) is 9.40. The van der Waals surface area contributed by atoms with Crippen LogP contribution in [-0.2, 0) is 0 Å². The molecule has 4 heteroatoms. The fourth-order valence-corrected chi connectivity index (χ4v) is 0.863. The predicted octanol–water partition coefficient (Wildman–Crippen LogP) is 0.695.